The first kappa shape index (κ1) is 15.0. The first-order valence-electron chi connectivity index (χ1n) is 7.25. The first-order valence-corrected chi connectivity index (χ1v) is 7.25. The molecule has 0 bridgehead atoms. The fourth-order valence-electron chi connectivity index (χ4n) is 2.60. The van der Waals surface area contributed by atoms with Gasteiger partial charge in [0.05, 0.1) is 24.6 Å². The summed E-state index contributed by atoms with van der Waals surface area (Å²) < 4.78 is 8.38. The number of rotatable bonds is 3. The molecule has 3 aromatic rings. The van der Waals surface area contributed by atoms with Crippen LogP contribution in [0.15, 0.2) is 36.7 Å². The number of aromatic nitrogens is 4. The van der Waals surface area contributed by atoms with E-state index in [1.165, 1.54) is 7.11 Å². The topological polar surface area (TPSA) is 61.9 Å². The molecule has 2 heterocycles. The first-order chi connectivity index (χ1) is 11.0. The molecule has 23 heavy (non-hydrogen) atoms. The molecule has 1 aromatic carbocycles. The van der Waals surface area contributed by atoms with Crippen molar-refractivity contribution in [3.8, 4) is 16.9 Å². The van der Waals surface area contributed by atoms with Gasteiger partial charge in [-0.1, -0.05) is 12.1 Å². The Kier molecular flexibility index (Phi) is 3.73. The second kappa shape index (κ2) is 5.72. The van der Waals surface area contributed by atoms with Crippen molar-refractivity contribution in [2.75, 3.05) is 7.11 Å². The number of esters is 1. The van der Waals surface area contributed by atoms with Crippen LogP contribution in [0, 0.1) is 13.8 Å². The number of ether oxygens (including phenoxy) is 1. The lowest BCUT2D eigenvalue weighted by atomic mass is 10.1. The molecule has 3 rings (SSSR count). The highest BCUT2D eigenvalue weighted by Crippen LogP contribution is 2.23. The average Bonchev–Trinajstić information content (AvgIpc) is 3.12. The van der Waals surface area contributed by atoms with Gasteiger partial charge in [0.1, 0.15) is 0 Å². The van der Waals surface area contributed by atoms with Crippen LogP contribution in [0.1, 0.15) is 21.6 Å². The number of benzene rings is 1. The van der Waals surface area contributed by atoms with Crippen LogP contribution in [0.2, 0.25) is 0 Å². The maximum Gasteiger partial charge on any atom is 0.337 e. The minimum atomic E-state index is -0.350. The molecule has 6 heteroatoms. The maximum atomic E-state index is 11.7. The Morgan fingerprint density at radius 2 is 2.00 bits per heavy atom. The van der Waals surface area contributed by atoms with E-state index >= 15 is 0 Å². The van der Waals surface area contributed by atoms with E-state index in [-0.39, 0.29) is 5.97 Å². The lowest BCUT2D eigenvalue weighted by molar-refractivity contribution is 0.0601. The second-order valence-corrected chi connectivity index (χ2v) is 5.40. The van der Waals surface area contributed by atoms with Gasteiger partial charge in [0.2, 0.25) is 0 Å². The predicted octanol–water partition coefficient (Wildman–Crippen LogP) is 2.68. The Morgan fingerprint density at radius 1 is 1.22 bits per heavy atom. The third-order valence-corrected chi connectivity index (χ3v) is 3.90. The van der Waals surface area contributed by atoms with E-state index in [0.29, 0.717) is 5.56 Å². The van der Waals surface area contributed by atoms with Gasteiger partial charge < -0.3 is 4.74 Å². The molecule has 0 radical (unpaired) electrons. The van der Waals surface area contributed by atoms with E-state index in [0.717, 1.165) is 28.2 Å². The lowest BCUT2D eigenvalue weighted by Gasteiger charge is -2.03. The van der Waals surface area contributed by atoms with Crippen molar-refractivity contribution >= 4 is 5.97 Å². The van der Waals surface area contributed by atoms with E-state index in [4.69, 9.17) is 4.74 Å². The van der Waals surface area contributed by atoms with Crippen molar-refractivity contribution in [3.63, 3.8) is 0 Å². The van der Waals surface area contributed by atoms with Crippen molar-refractivity contribution in [2.24, 2.45) is 7.05 Å². The summed E-state index contributed by atoms with van der Waals surface area (Å²) in [7, 11) is 3.27. The van der Waals surface area contributed by atoms with Crippen LogP contribution in [-0.4, -0.2) is 32.6 Å². The largest absolute Gasteiger partial charge is 0.465 e. The third-order valence-electron chi connectivity index (χ3n) is 3.90. The zero-order valence-electron chi connectivity index (χ0n) is 13.6. The molecule has 0 atom stereocenters. The van der Waals surface area contributed by atoms with Gasteiger partial charge in [0, 0.05) is 24.4 Å². The van der Waals surface area contributed by atoms with Crippen LogP contribution < -0.4 is 0 Å². The number of hydrogen-bond acceptors (Lipinski definition) is 4. The van der Waals surface area contributed by atoms with E-state index in [1.807, 2.05) is 43.9 Å². The smallest absolute Gasteiger partial charge is 0.337 e. The standard InChI is InChI=1S/C17H18N4O2/c1-11-12(2)19-20(3)16(11)21-10-15(9-18-21)13-6-5-7-14(8-13)17(22)23-4/h5-10H,1-4H3. The molecule has 0 saturated carbocycles. The summed E-state index contributed by atoms with van der Waals surface area (Å²) >= 11 is 0. The molecule has 0 aliphatic carbocycles. The van der Waals surface area contributed by atoms with Crippen LogP contribution in [0.3, 0.4) is 0 Å². The molecule has 118 valence electrons. The highest BCUT2D eigenvalue weighted by molar-refractivity contribution is 5.90. The molecule has 0 spiro atoms. The molecule has 0 fully saturated rings. The fraction of sp³-hybridized carbons (Fsp3) is 0.235. The molecule has 2 aromatic heterocycles. The molecular formula is C17H18N4O2. The average molecular weight is 310 g/mol. The Hall–Kier alpha value is -2.89. The number of nitrogens with zero attached hydrogens (tertiary/aromatic N) is 4. The molecule has 0 saturated heterocycles. The number of carbonyl (C=O) groups is 1. The fourth-order valence-corrected chi connectivity index (χ4v) is 2.60. The van der Waals surface area contributed by atoms with Gasteiger partial charge in [0.25, 0.3) is 0 Å². The SMILES string of the molecule is COC(=O)c1cccc(-c2cnn(-c3c(C)c(C)nn3C)c2)c1. The zero-order valence-corrected chi connectivity index (χ0v) is 13.6. The van der Waals surface area contributed by atoms with E-state index in [9.17, 15) is 4.79 Å². The van der Waals surface area contributed by atoms with Gasteiger partial charge in [-0.3, -0.25) is 4.68 Å². The summed E-state index contributed by atoms with van der Waals surface area (Å²) in [6.45, 7) is 4.00. The summed E-state index contributed by atoms with van der Waals surface area (Å²) in [4.78, 5) is 11.7. The van der Waals surface area contributed by atoms with E-state index in [2.05, 4.69) is 10.2 Å². The Morgan fingerprint density at radius 3 is 2.65 bits per heavy atom. The Labute approximate surface area is 134 Å². The second-order valence-electron chi connectivity index (χ2n) is 5.40. The summed E-state index contributed by atoms with van der Waals surface area (Å²) in [5.41, 5.74) is 4.42. The van der Waals surface area contributed by atoms with Crippen LogP contribution in [0.5, 0.6) is 0 Å². The van der Waals surface area contributed by atoms with E-state index < -0.39 is 0 Å². The van der Waals surface area contributed by atoms with Crippen molar-refractivity contribution in [3.05, 3.63) is 53.5 Å². The molecule has 0 aliphatic rings. The van der Waals surface area contributed by atoms with Gasteiger partial charge in [-0.25, -0.2) is 9.48 Å². The highest BCUT2D eigenvalue weighted by atomic mass is 16.5. The number of carbonyl (C=O) groups excluding carboxylic acids is 1. The van der Waals surface area contributed by atoms with Crippen LogP contribution >= 0.6 is 0 Å². The molecule has 0 unspecified atom stereocenters. The number of methoxy groups -OCH3 is 1. The molecular weight excluding hydrogens is 292 g/mol. The highest BCUT2D eigenvalue weighted by Gasteiger charge is 2.13. The van der Waals surface area contributed by atoms with Gasteiger partial charge >= 0.3 is 5.97 Å². The lowest BCUT2D eigenvalue weighted by Crippen LogP contribution is -2.04. The van der Waals surface area contributed by atoms with Crippen LogP contribution in [-0.2, 0) is 11.8 Å². The van der Waals surface area contributed by atoms with E-state index in [1.54, 1.807) is 23.0 Å². The van der Waals surface area contributed by atoms with Crippen molar-refractivity contribution < 1.29 is 9.53 Å². The quantitative estimate of drug-likeness (QED) is 0.698. The zero-order chi connectivity index (χ0) is 16.6. The third kappa shape index (κ3) is 2.63. The summed E-state index contributed by atoms with van der Waals surface area (Å²) in [5.74, 6) is 0.579. The van der Waals surface area contributed by atoms with Crippen molar-refractivity contribution in [2.45, 2.75) is 13.8 Å². The minimum absolute atomic E-state index is 0.350. The van der Waals surface area contributed by atoms with Crippen molar-refractivity contribution in [1.29, 1.82) is 0 Å². The van der Waals surface area contributed by atoms with Gasteiger partial charge in [-0.15, -0.1) is 0 Å². The molecule has 6 nitrogen and oxygen atoms in total. The number of aryl methyl sites for hydroxylation is 2. The van der Waals surface area contributed by atoms with Crippen LogP contribution in [0.25, 0.3) is 16.9 Å². The molecule has 0 amide bonds. The summed E-state index contributed by atoms with van der Waals surface area (Å²) in [6.07, 6.45) is 3.71. The van der Waals surface area contributed by atoms with Gasteiger partial charge in [-0.2, -0.15) is 10.2 Å². The maximum absolute atomic E-state index is 11.7. The number of hydrogen-bond donors (Lipinski definition) is 0. The normalized spacial score (nSPS) is 10.8. The molecule has 0 aliphatic heterocycles. The van der Waals surface area contributed by atoms with Crippen LogP contribution in [0.4, 0.5) is 0 Å². The predicted molar refractivity (Wildman–Crippen MR) is 86.6 cm³/mol. The minimum Gasteiger partial charge on any atom is -0.465 e. The van der Waals surface area contributed by atoms with Crippen molar-refractivity contribution in [1.82, 2.24) is 19.6 Å². The van der Waals surface area contributed by atoms with Gasteiger partial charge in [0.15, 0.2) is 5.82 Å². The monoisotopic (exact) mass is 310 g/mol. The van der Waals surface area contributed by atoms with Gasteiger partial charge in [-0.05, 0) is 31.5 Å². The Balaban J connectivity index is 2.01. The Bertz CT molecular complexity index is 877. The molecule has 0 N–H and O–H groups in total. The summed E-state index contributed by atoms with van der Waals surface area (Å²) in [6, 6.07) is 7.30. The summed E-state index contributed by atoms with van der Waals surface area (Å²) in [5, 5.41) is 8.84.